The zero-order valence-electron chi connectivity index (χ0n) is 15.4. The summed E-state index contributed by atoms with van der Waals surface area (Å²) < 4.78 is 39.4. The molecule has 2 nitrogen and oxygen atoms in total. The molecule has 1 unspecified atom stereocenters. The largest absolute Gasteiger partial charge is 0.242 e. The van der Waals surface area contributed by atoms with Crippen LogP contribution in [0.5, 0.6) is 0 Å². The zero-order chi connectivity index (χ0) is 16.3. The number of hydrogen-bond donors (Lipinski definition) is 1. The van der Waals surface area contributed by atoms with E-state index in [1.54, 1.807) is 0 Å². The van der Waals surface area contributed by atoms with E-state index in [0.29, 0.717) is 17.8 Å². The first-order valence-electron chi connectivity index (χ1n) is 9.18. The minimum atomic E-state index is -2.09. The molecule has 4 fully saturated rings. The lowest BCUT2D eigenvalue weighted by Crippen LogP contribution is -2.56. The van der Waals surface area contributed by atoms with Crippen LogP contribution in [0.3, 0.4) is 0 Å². The highest BCUT2D eigenvalue weighted by Crippen LogP contribution is 2.61. The van der Waals surface area contributed by atoms with E-state index in [4.69, 9.17) is 4.11 Å². The van der Waals surface area contributed by atoms with Crippen molar-refractivity contribution in [3.63, 3.8) is 0 Å². The van der Waals surface area contributed by atoms with Crippen molar-refractivity contribution in [2.45, 2.75) is 76.9 Å². The maximum absolute atomic E-state index is 12.6. The molecule has 0 amide bonds. The van der Waals surface area contributed by atoms with Crippen LogP contribution in [0.4, 0.5) is 0 Å². The quantitative estimate of drug-likeness (QED) is 0.843. The van der Waals surface area contributed by atoms with E-state index in [9.17, 15) is 4.21 Å². The predicted octanol–water partition coefficient (Wildman–Crippen LogP) is 3.64. The molecule has 0 spiro atoms. The fraction of sp³-hybridized carbons (Fsp3) is 1.00. The van der Waals surface area contributed by atoms with Crippen LogP contribution in [-0.4, -0.2) is 15.0 Å². The number of hydrogen-bond acceptors (Lipinski definition) is 1. The molecule has 0 aromatic rings. The van der Waals surface area contributed by atoms with E-state index in [1.165, 1.54) is 19.3 Å². The normalized spacial score (nSPS) is 47.3. The van der Waals surface area contributed by atoms with Gasteiger partial charge >= 0.3 is 0 Å². The first-order chi connectivity index (χ1) is 9.99. The Hall–Kier alpha value is 0.110. The van der Waals surface area contributed by atoms with E-state index in [1.807, 2.05) is 20.8 Å². The van der Waals surface area contributed by atoms with Crippen LogP contribution in [0.15, 0.2) is 0 Å². The van der Waals surface area contributed by atoms with Crippen LogP contribution in [0.25, 0.3) is 0 Å². The molecule has 0 saturated heterocycles. The minimum Gasteiger partial charge on any atom is -0.242 e. The smallest absolute Gasteiger partial charge is 0.0972 e. The van der Waals surface area contributed by atoms with Gasteiger partial charge in [0.15, 0.2) is 0 Å². The Morgan fingerprint density at radius 3 is 2.00 bits per heavy atom. The molecule has 4 rings (SSSR count). The van der Waals surface area contributed by atoms with Crippen LogP contribution in [0.2, 0.25) is 0 Å². The van der Waals surface area contributed by atoms with E-state index in [0.717, 1.165) is 19.3 Å². The third-order valence-corrected chi connectivity index (χ3v) is 7.04. The van der Waals surface area contributed by atoms with Gasteiger partial charge in [0.25, 0.3) is 0 Å². The Morgan fingerprint density at radius 1 is 1.16 bits per heavy atom. The average Bonchev–Trinajstić information content (AvgIpc) is 2.30. The second kappa shape index (κ2) is 4.56. The highest BCUT2D eigenvalue weighted by Gasteiger charge is 2.53. The Morgan fingerprint density at radius 2 is 1.63 bits per heavy atom. The first kappa shape index (κ1) is 10.8. The second-order valence-corrected chi connectivity index (χ2v) is 10.2. The Kier molecular flexibility index (Phi) is 2.59. The minimum absolute atomic E-state index is 0.166. The molecule has 0 radical (unpaired) electrons. The van der Waals surface area contributed by atoms with Crippen molar-refractivity contribution in [1.82, 2.24) is 4.72 Å². The summed E-state index contributed by atoms with van der Waals surface area (Å²) in [4.78, 5) is 0. The van der Waals surface area contributed by atoms with Crippen molar-refractivity contribution in [1.29, 1.82) is 0 Å². The fourth-order valence-electron chi connectivity index (χ4n) is 4.94. The lowest BCUT2D eigenvalue weighted by Gasteiger charge is -2.59. The lowest BCUT2D eigenvalue weighted by atomic mass is 9.48. The van der Waals surface area contributed by atoms with Crippen LogP contribution < -0.4 is 4.72 Å². The second-order valence-electron chi connectivity index (χ2n) is 8.21. The predicted molar refractivity (Wildman–Crippen MR) is 81.1 cm³/mol. The SMILES string of the molecule is [2H]C([2H])([2H])[C@H](NS(=O)C(C)(C)C)C12CC3CC(CC(C3)C1)C2. The molecule has 4 bridgehead atoms. The fourth-order valence-corrected chi connectivity index (χ4v) is 5.76. The summed E-state index contributed by atoms with van der Waals surface area (Å²) in [6.45, 7) is 3.59. The molecule has 0 aliphatic heterocycles. The van der Waals surface area contributed by atoms with Crippen molar-refractivity contribution in [3.8, 4) is 0 Å². The van der Waals surface area contributed by atoms with Crippen LogP contribution in [-0.2, 0) is 11.0 Å². The zero-order valence-corrected chi connectivity index (χ0v) is 13.2. The third-order valence-electron chi connectivity index (χ3n) is 5.48. The number of nitrogens with one attached hydrogen (secondary N) is 1. The van der Waals surface area contributed by atoms with Gasteiger partial charge < -0.3 is 0 Å². The topological polar surface area (TPSA) is 29.1 Å². The van der Waals surface area contributed by atoms with Crippen molar-refractivity contribution in [2.24, 2.45) is 23.2 Å². The maximum atomic E-state index is 12.6. The van der Waals surface area contributed by atoms with Gasteiger partial charge in [-0.1, -0.05) is 0 Å². The van der Waals surface area contributed by atoms with Gasteiger partial charge in [-0.2, -0.15) is 0 Å². The van der Waals surface area contributed by atoms with Crippen molar-refractivity contribution in [2.75, 3.05) is 0 Å². The third kappa shape index (κ3) is 2.53. The van der Waals surface area contributed by atoms with E-state index in [2.05, 4.69) is 4.72 Å². The van der Waals surface area contributed by atoms with Crippen LogP contribution in [0, 0.1) is 23.2 Å². The number of rotatable bonds is 3. The van der Waals surface area contributed by atoms with E-state index < -0.39 is 28.6 Å². The lowest BCUT2D eigenvalue weighted by molar-refractivity contribution is -0.0664. The molecule has 0 heterocycles. The van der Waals surface area contributed by atoms with E-state index >= 15 is 0 Å². The summed E-state index contributed by atoms with van der Waals surface area (Å²) in [5.41, 5.74) is -0.166. The van der Waals surface area contributed by atoms with Gasteiger partial charge in [0.05, 0.1) is 15.7 Å². The van der Waals surface area contributed by atoms with Gasteiger partial charge in [-0.3, -0.25) is 0 Å². The van der Waals surface area contributed by atoms with Gasteiger partial charge in [-0.05, 0) is 89.3 Å². The highest BCUT2D eigenvalue weighted by atomic mass is 32.2. The molecule has 4 aliphatic rings. The van der Waals surface area contributed by atoms with Gasteiger partial charge in [-0.15, -0.1) is 0 Å². The average molecular weight is 286 g/mol. The summed E-state index contributed by atoms with van der Waals surface area (Å²) in [5.74, 6) is 2.09. The monoisotopic (exact) mass is 286 g/mol. The Bertz CT molecular complexity index is 434. The summed E-state index contributed by atoms with van der Waals surface area (Å²) >= 11 is 0. The summed E-state index contributed by atoms with van der Waals surface area (Å²) in [6.07, 6.45) is 6.89. The van der Waals surface area contributed by atoms with Gasteiger partial charge in [0.1, 0.15) is 0 Å². The van der Waals surface area contributed by atoms with E-state index in [-0.39, 0.29) is 5.41 Å². The summed E-state index contributed by atoms with van der Waals surface area (Å²) in [5, 5.41) is 0. The molecular weight excluding hydrogens is 254 g/mol. The molecule has 2 atom stereocenters. The van der Waals surface area contributed by atoms with Crippen molar-refractivity contribution in [3.05, 3.63) is 0 Å². The highest BCUT2D eigenvalue weighted by molar-refractivity contribution is 7.84. The van der Waals surface area contributed by atoms with Crippen LogP contribution in [0.1, 0.15) is 70.3 Å². The Labute approximate surface area is 124 Å². The molecule has 1 N–H and O–H groups in total. The molecule has 0 aromatic heterocycles. The van der Waals surface area contributed by atoms with Crippen LogP contribution >= 0.6 is 0 Å². The standard InChI is InChI=1S/C16H29NOS/c1-11(17-19(18)15(2,3)4)16-8-12-5-13(9-16)7-14(6-12)10-16/h11-14,17H,5-10H2,1-4H3/t11-,12?,13?,14?,16?,19?/m0/s1/i1D3. The first-order valence-corrected chi connectivity index (χ1v) is 8.83. The van der Waals surface area contributed by atoms with Crippen molar-refractivity contribution < 1.29 is 8.32 Å². The van der Waals surface area contributed by atoms with Crippen molar-refractivity contribution >= 4 is 11.0 Å². The molecule has 3 heteroatoms. The summed E-state index contributed by atoms with van der Waals surface area (Å²) in [7, 11) is -1.34. The van der Waals surface area contributed by atoms with Gasteiger partial charge in [0.2, 0.25) is 0 Å². The molecular formula is C16H29NOS. The maximum Gasteiger partial charge on any atom is 0.0972 e. The van der Waals surface area contributed by atoms with Gasteiger partial charge in [-0.25, -0.2) is 8.93 Å². The molecule has 4 saturated carbocycles. The molecule has 4 aliphatic carbocycles. The molecule has 110 valence electrons. The Balaban J connectivity index is 1.88. The molecule has 0 aromatic carbocycles. The van der Waals surface area contributed by atoms with Gasteiger partial charge in [0, 0.05) is 10.2 Å². The molecule has 19 heavy (non-hydrogen) atoms. The summed E-state index contributed by atoms with van der Waals surface area (Å²) in [6, 6.07) is -0.631.